The van der Waals surface area contributed by atoms with Gasteiger partial charge in [0, 0.05) is 28.3 Å². The Morgan fingerprint density at radius 2 is 1.91 bits per heavy atom. The number of rotatable bonds is 4. The average Bonchev–Trinajstić information content (AvgIpc) is 3.58. The molecule has 0 bridgehead atoms. The van der Waals surface area contributed by atoms with Gasteiger partial charge in [0.2, 0.25) is 0 Å². The van der Waals surface area contributed by atoms with E-state index in [2.05, 4.69) is 40.9 Å². The molecule has 172 valence electrons. The van der Waals surface area contributed by atoms with Crippen LogP contribution in [0.15, 0.2) is 40.3 Å². The van der Waals surface area contributed by atoms with Gasteiger partial charge in [-0.25, -0.2) is 22.8 Å². The summed E-state index contributed by atoms with van der Waals surface area (Å²) in [5, 5.41) is 0. The number of fused-ring (bicyclic) bond motifs is 1. The van der Waals surface area contributed by atoms with Gasteiger partial charge in [-0.05, 0) is 60.7 Å². The second-order valence-corrected chi connectivity index (χ2v) is 12.4. The molecule has 0 radical (unpaired) electrons. The first-order valence-electron chi connectivity index (χ1n) is 10.5. The summed E-state index contributed by atoms with van der Waals surface area (Å²) < 4.78 is 41.2. The molecule has 3 aromatic heterocycles. The average molecular weight is 533 g/mol. The van der Waals surface area contributed by atoms with E-state index in [1.807, 2.05) is 6.07 Å². The Kier molecular flexibility index (Phi) is 5.06. The fourth-order valence-electron chi connectivity index (χ4n) is 4.59. The molecular formula is C22H22BrFN6O2S. The van der Waals surface area contributed by atoms with Crippen molar-refractivity contribution in [3.63, 3.8) is 0 Å². The molecule has 0 spiro atoms. The van der Waals surface area contributed by atoms with Crippen molar-refractivity contribution in [2.75, 3.05) is 5.75 Å². The Bertz CT molecular complexity index is 1430. The van der Waals surface area contributed by atoms with Crippen LogP contribution < -0.4 is 5.73 Å². The first-order chi connectivity index (χ1) is 15.5. The van der Waals surface area contributed by atoms with Crippen molar-refractivity contribution in [3.05, 3.63) is 58.1 Å². The number of halogens is 2. The quantitative estimate of drug-likeness (QED) is 0.547. The lowest BCUT2D eigenvalue weighted by Gasteiger charge is -2.40. The molecule has 4 heterocycles. The van der Waals surface area contributed by atoms with Gasteiger partial charge in [0.25, 0.3) is 0 Å². The highest BCUT2D eigenvalue weighted by molar-refractivity contribution is 9.10. The molecule has 2 aliphatic rings. The van der Waals surface area contributed by atoms with E-state index in [1.165, 1.54) is 6.33 Å². The third-order valence-corrected chi connectivity index (χ3v) is 9.92. The molecule has 1 aliphatic carbocycles. The van der Waals surface area contributed by atoms with Crippen LogP contribution in [0.5, 0.6) is 0 Å². The van der Waals surface area contributed by atoms with Crippen molar-refractivity contribution in [2.45, 2.75) is 43.4 Å². The van der Waals surface area contributed by atoms with Crippen LogP contribution in [0.3, 0.4) is 0 Å². The highest BCUT2D eigenvalue weighted by atomic mass is 79.9. The van der Waals surface area contributed by atoms with Crippen LogP contribution in [0.1, 0.15) is 43.6 Å². The van der Waals surface area contributed by atoms with Crippen molar-refractivity contribution >= 4 is 42.6 Å². The van der Waals surface area contributed by atoms with Crippen LogP contribution in [-0.2, 0) is 21.8 Å². The molecule has 8 nitrogen and oxygen atoms in total. The molecule has 3 aromatic rings. The predicted octanol–water partition coefficient (Wildman–Crippen LogP) is 3.08. The predicted molar refractivity (Wildman–Crippen MR) is 126 cm³/mol. The number of hydrogen-bond donors (Lipinski definition) is 1. The Hall–Kier alpha value is -2.53. The van der Waals surface area contributed by atoms with Gasteiger partial charge in [-0.1, -0.05) is 0 Å². The number of sulfone groups is 1. The molecule has 33 heavy (non-hydrogen) atoms. The van der Waals surface area contributed by atoms with E-state index in [0.29, 0.717) is 22.4 Å². The fourth-order valence-corrected chi connectivity index (χ4v) is 7.27. The SMILES string of the molecule is C[C@@]1(c2cc(Cc3ncnc4cc(Br)cnc34)ncc2F)CS(=O)(=O)[C@@](C)(C2CC2)C(N)=N1. The van der Waals surface area contributed by atoms with E-state index in [0.717, 1.165) is 23.5 Å². The highest BCUT2D eigenvalue weighted by Crippen LogP contribution is 2.49. The van der Waals surface area contributed by atoms with Gasteiger partial charge in [-0.15, -0.1) is 0 Å². The van der Waals surface area contributed by atoms with E-state index in [-0.39, 0.29) is 29.5 Å². The topological polar surface area (TPSA) is 124 Å². The smallest absolute Gasteiger partial charge is 0.165 e. The van der Waals surface area contributed by atoms with Gasteiger partial charge in [0.05, 0.1) is 23.2 Å². The van der Waals surface area contributed by atoms with Crippen molar-refractivity contribution in [1.29, 1.82) is 0 Å². The zero-order valence-electron chi connectivity index (χ0n) is 18.1. The lowest BCUT2D eigenvalue weighted by molar-refractivity contribution is 0.461. The first kappa shape index (κ1) is 22.3. The molecule has 0 saturated heterocycles. The molecular weight excluding hydrogens is 511 g/mol. The van der Waals surface area contributed by atoms with Crippen LogP contribution >= 0.6 is 15.9 Å². The zero-order valence-corrected chi connectivity index (χ0v) is 20.5. The van der Waals surface area contributed by atoms with E-state index < -0.39 is 25.9 Å². The van der Waals surface area contributed by atoms with Crippen molar-refractivity contribution < 1.29 is 12.8 Å². The van der Waals surface area contributed by atoms with E-state index >= 15 is 0 Å². The third kappa shape index (κ3) is 3.61. The Morgan fingerprint density at radius 1 is 1.15 bits per heavy atom. The Labute approximate surface area is 199 Å². The van der Waals surface area contributed by atoms with E-state index in [4.69, 9.17) is 5.73 Å². The van der Waals surface area contributed by atoms with Crippen LogP contribution in [0.4, 0.5) is 4.39 Å². The maximum absolute atomic E-state index is 15.0. The summed E-state index contributed by atoms with van der Waals surface area (Å²) in [4.78, 5) is 21.7. The van der Waals surface area contributed by atoms with Gasteiger partial charge < -0.3 is 5.73 Å². The van der Waals surface area contributed by atoms with Crippen LogP contribution in [0.25, 0.3) is 11.0 Å². The standard InChI is InChI=1S/C22H22BrFN6O2S/c1-21(10-33(31,32)22(2,12-3-4-12)20(25)30-21)15-6-14(26-9-16(15)24)7-18-19-17(28-11-29-18)5-13(23)8-27-19/h5-6,8-9,11-12H,3-4,7,10H2,1-2H3,(H2,25,30)/t21-,22-/m0/s1. The van der Waals surface area contributed by atoms with Crippen molar-refractivity contribution in [2.24, 2.45) is 16.6 Å². The van der Waals surface area contributed by atoms with E-state index in [9.17, 15) is 12.8 Å². The summed E-state index contributed by atoms with van der Waals surface area (Å²) in [6.07, 6.45) is 6.05. The first-order valence-corrected chi connectivity index (χ1v) is 13.0. The highest BCUT2D eigenvalue weighted by Gasteiger charge is 2.58. The lowest BCUT2D eigenvalue weighted by atomic mass is 9.92. The minimum atomic E-state index is -3.66. The number of hydrogen-bond acceptors (Lipinski definition) is 8. The number of pyridine rings is 2. The maximum Gasteiger partial charge on any atom is 0.165 e. The molecule has 0 aromatic carbocycles. The fraction of sp³-hybridized carbons (Fsp3) is 0.409. The van der Waals surface area contributed by atoms with Crippen LogP contribution in [-0.4, -0.2) is 44.7 Å². The normalized spacial score (nSPS) is 26.8. The van der Waals surface area contributed by atoms with Crippen LogP contribution in [0.2, 0.25) is 0 Å². The number of aromatic nitrogens is 4. The van der Waals surface area contributed by atoms with Crippen LogP contribution in [0, 0.1) is 11.7 Å². The second kappa shape index (κ2) is 7.49. The molecule has 11 heteroatoms. The largest absolute Gasteiger partial charge is 0.386 e. The number of aliphatic imine (C=N–C) groups is 1. The summed E-state index contributed by atoms with van der Waals surface area (Å²) in [6, 6.07) is 3.38. The molecule has 1 fully saturated rings. The molecule has 5 rings (SSSR count). The zero-order chi connectivity index (χ0) is 23.6. The Morgan fingerprint density at radius 3 is 2.61 bits per heavy atom. The van der Waals surface area contributed by atoms with Gasteiger partial charge in [0.15, 0.2) is 9.84 Å². The minimum absolute atomic E-state index is 0.0350. The number of nitrogens with zero attached hydrogens (tertiary/aromatic N) is 5. The van der Waals surface area contributed by atoms with Gasteiger partial charge in [-0.3, -0.25) is 15.0 Å². The molecule has 0 amide bonds. The molecule has 2 atom stereocenters. The summed E-state index contributed by atoms with van der Waals surface area (Å²) >= 11 is 3.38. The summed E-state index contributed by atoms with van der Waals surface area (Å²) in [5.74, 6) is -0.932. The van der Waals surface area contributed by atoms with Gasteiger partial charge in [-0.2, -0.15) is 0 Å². The summed E-state index contributed by atoms with van der Waals surface area (Å²) in [7, 11) is -3.66. The van der Waals surface area contributed by atoms with Gasteiger partial charge >= 0.3 is 0 Å². The van der Waals surface area contributed by atoms with Gasteiger partial charge in [0.1, 0.15) is 33.8 Å². The summed E-state index contributed by atoms with van der Waals surface area (Å²) in [5.41, 5.74) is 7.45. The maximum atomic E-state index is 15.0. The molecule has 1 aliphatic heterocycles. The van der Waals surface area contributed by atoms with Crippen molar-refractivity contribution in [1.82, 2.24) is 19.9 Å². The second-order valence-electron chi connectivity index (χ2n) is 9.09. The van der Waals surface area contributed by atoms with Crippen molar-refractivity contribution in [3.8, 4) is 0 Å². The number of amidine groups is 1. The molecule has 0 unspecified atom stereocenters. The summed E-state index contributed by atoms with van der Waals surface area (Å²) in [6.45, 7) is 3.24. The molecule has 2 N–H and O–H groups in total. The third-order valence-electron chi connectivity index (χ3n) is 6.71. The lowest BCUT2D eigenvalue weighted by Crippen LogP contribution is -2.58. The minimum Gasteiger partial charge on any atom is -0.386 e. The van der Waals surface area contributed by atoms with E-state index in [1.54, 1.807) is 26.1 Å². The molecule has 1 saturated carbocycles. The monoisotopic (exact) mass is 532 g/mol. The number of nitrogens with two attached hydrogens (primary N) is 1. The Balaban J connectivity index is 1.56.